The van der Waals surface area contributed by atoms with Crippen LogP contribution in [0.4, 0.5) is 11.4 Å². The van der Waals surface area contributed by atoms with Gasteiger partial charge in [-0.05, 0) is 91.4 Å². The second-order valence-corrected chi connectivity index (χ2v) is 11.2. The number of benzene rings is 3. The average Bonchev–Trinajstić information content (AvgIpc) is 3.04. The molecule has 0 aliphatic carbocycles. The number of nitrogen functional groups attached to an aromatic ring is 2. The molecule has 0 saturated carbocycles. The Morgan fingerprint density at radius 1 is 0.761 bits per heavy atom. The van der Waals surface area contributed by atoms with Crippen LogP contribution in [-0.4, -0.2) is 36.2 Å². The SMILES string of the molecule is CCCCCCOc1ccc(OC(=O)/C=C/c2ccc(C(=O)OCCCCCCCCc3c(N)cc(N)cc3C(=O)O)cc2)cc1. The number of carboxylic acid groups (broad SMARTS) is 1. The lowest BCUT2D eigenvalue weighted by Crippen LogP contribution is -2.07. The van der Waals surface area contributed by atoms with Crippen molar-refractivity contribution in [3.05, 3.63) is 89.0 Å². The predicted octanol–water partition coefficient (Wildman–Crippen LogP) is 7.87. The van der Waals surface area contributed by atoms with E-state index in [1.54, 1.807) is 60.7 Å². The zero-order chi connectivity index (χ0) is 33.1. The largest absolute Gasteiger partial charge is 0.494 e. The third-order valence-corrected chi connectivity index (χ3v) is 7.46. The maximum Gasteiger partial charge on any atom is 0.338 e. The molecule has 3 rings (SSSR count). The van der Waals surface area contributed by atoms with E-state index in [0.29, 0.717) is 47.9 Å². The van der Waals surface area contributed by atoms with Crippen LogP contribution in [-0.2, 0) is 16.0 Å². The predicted molar refractivity (Wildman–Crippen MR) is 181 cm³/mol. The van der Waals surface area contributed by atoms with Crippen molar-refractivity contribution in [1.29, 1.82) is 0 Å². The average molecular weight is 631 g/mol. The number of anilines is 2. The topological polar surface area (TPSA) is 151 Å². The van der Waals surface area contributed by atoms with E-state index in [-0.39, 0.29) is 5.56 Å². The lowest BCUT2D eigenvalue weighted by atomic mass is 9.98. The summed E-state index contributed by atoms with van der Waals surface area (Å²) in [6.45, 7) is 3.18. The molecule has 0 fully saturated rings. The summed E-state index contributed by atoms with van der Waals surface area (Å²) in [7, 11) is 0. The number of nitrogens with two attached hydrogens (primary N) is 2. The van der Waals surface area contributed by atoms with E-state index in [2.05, 4.69) is 6.92 Å². The van der Waals surface area contributed by atoms with Crippen LogP contribution in [0.3, 0.4) is 0 Å². The first kappa shape index (κ1) is 35.7. The number of carbonyl (C=O) groups excluding carboxylic acids is 2. The zero-order valence-corrected chi connectivity index (χ0v) is 26.7. The number of hydrogen-bond acceptors (Lipinski definition) is 8. The van der Waals surface area contributed by atoms with E-state index >= 15 is 0 Å². The normalized spacial score (nSPS) is 11.0. The Bertz CT molecular complexity index is 1430. The second-order valence-electron chi connectivity index (χ2n) is 11.2. The highest BCUT2D eigenvalue weighted by atomic mass is 16.5. The molecule has 5 N–H and O–H groups in total. The summed E-state index contributed by atoms with van der Waals surface area (Å²) in [6.07, 6.45) is 13.6. The molecule has 0 aromatic heterocycles. The fraction of sp³-hybridized carbons (Fsp3) is 0.378. The van der Waals surface area contributed by atoms with Gasteiger partial charge in [0.15, 0.2) is 0 Å². The van der Waals surface area contributed by atoms with Crippen LogP contribution >= 0.6 is 0 Å². The van der Waals surface area contributed by atoms with Gasteiger partial charge in [0.05, 0.1) is 24.3 Å². The van der Waals surface area contributed by atoms with Crippen molar-refractivity contribution in [1.82, 2.24) is 0 Å². The highest BCUT2D eigenvalue weighted by Crippen LogP contribution is 2.24. The Labute approximate surface area is 271 Å². The molecule has 9 heteroatoms. The van der Waals surface area contributed by atoms with E-state index < -0.39 is 17.9 Å². The molecule has 3 aromatic rings. The van der Waals surface area contributed by atoms with Crippen LogP contribution in [0.5, 0.6) is 11.5 Å². The summed E-state index contributed by atoms with van der Waals surface area (Å²) in [6, 6.07) is 16.8. The molecule has 246 valence electrons. The molecule has 0 unspecified atom stereocenters. The highest BCUT2D eigenvalue weighted by Gasteiger charge is 2.14. The third kappa shape index (κ3) is 12.7. The maximum absolute atomic E-state index is 12.4. The van der Waals surface area contributed by atoms with Crippen molar-refractivity contribution in [3.8, 4) is 11.5 Å². The summed E-state index contributed by atoms with van der Waals surface area (Å²) in [5.74, 6) is -0.739. The molecule has 0 radical (unpaired) electrons. The minimum atomic E-state index is -1.02. The van der Waals surface area contributed by atoms with Gasteiger partial charge in [0, 0.05) is 17.5 Å². The number of rotatable bonds is 20. The van der Waals surface area contributed by atoms with E-state index in [9.17, 15) is 19.5 Å². The van der Waals surface area contributed by atoms with Gasteiger partial charge in [-0.15, -0.1) is 0 Å². The molecule has 3 aromatic carbocycles. The Hall–Kier alpha value is -4.79. The van der Waals surface area contributed by atoms with Gasteiger partial charge in [-0.2, -0.15) is 0 Å². The molecule has 0 bridgehead atoms. The third-order valence-electron chi connectivity index (χ3n) is 7.46. The number of hydrogen-bond donors (Lipinski definition) is 3. The maximum atomic E-state index is 12.4. The molecular formula is C37H46N2O7. The minimum Gasteiger partial charge on any atom is -0.494 e. The summed E-state index contributed by atoms with van der Waals surface area (Å²) in [5, 5.41) is 9.41. The Morgan fingerprint density at radius 2 is 1.39 bits per heavy atom. The fourth-order valence-corrected chi connectivity index (χ4v) is 4.91. The highest BCUT2D eigenvalue weighted by molar-refractivity contribution is 5.93. The number of carboxylic acids is 1. The summed E-state index contributed by atoms with van der Waals surface area (Å²) < 4.78 is 16.5. The minimum absolute atomic E-state index is 0.169. The van der Waals surface area contributed by atoms with Crippen molar-refractivity contribution in [2.24, 2.45) is 0 Å². The van der Waals surface area contributed by atoms with Crippen LogP contribution in [0.25, 0.3) is 6.08 Å². The van der Waals surface area contributed by atoms with Crippen molar-refractivity contribution < 1.29 is 33.7 Å². The van der Waals surface area contributed by atoms with Crippen molar-refractivity contribution in [2.75, 3.05) is 24.7 Å². The van der Waals surface area contributed by atoms with Crippen LogP contribution < -0.4 is 20.9 Å². The van der Waals surface area contributed by atoms with Gasteiger partial charge in [0.25, 0.3) is 0 Å². The fourth-order valence-electron chi connectivity index (χ4n) is 4.91. The molecule has 0 heterocycles. The molecular weight excluding hydrogens is 584 g/mol. The first-order valence-corrected chi connectivity index (χ1v) is 16.1. The Morgan fingerprint density at radius 3 is 2.09 bits per heavy atom. The van der Waals surface area contributed by atoms with Gasteiger partial charge in [-0.3, -0.25) is 0 Å². The molecule has 0 saturated heterocycles. The number of aromatic carboxylic acids is 1. The first-order valence-electron chi connectivity index (χ1n) is 16.1. The van der Waals surface area contributed by atoms with Gasteiger partial charge in [-0.25, -0.2) is 14.4 Å². The van der Waals surface area contributed by atoms with E-state index in [4.69, 9.17) is 25.7 Å². The Kier molecular flexibility index (Phi) is 15.2. The zero-order valence-electron chi connectivity index (χ0n) is 26.7. The first-order chi connectivity index (χ1) is 22.3. The van der Waals surface area contributed by atoms with Crippen molar-refractivity contribution in [3.63, 3.8) is 0 Å². The number of carbonyl (C=O) groups is 3. The van der Waals surface area contributed by atoms with E-state index in [0.717, 1.165) is 62.7 Å². The van der Waals surface area contributed by atoms with Crippen molar-refractivity contribution >= 4 is 35.4 Å². The molecule has 0 aliphatic rings. The van der Waals surface area contributed by atoms with Crippen LogP contribution in [0, 0.1) is 0 Å². The number of ether oxygens (including phenoxy) is 3. The molecule has 0 atom stereocenters. The lowest BCUT2D eigenvalue weighted by Gasteiger charge is -2.11. The Balaban J connectivity index is 1.28. The van der Waals surface area contributed by atoms with Crippen LogP contribution in [0.15, 0.2) is 66.7 Å². The summed E-state index contributed by atoms with van der Waals surface area (Å²) in [5.41, 5.74) is 14.5. The summed E-state index contributed by atoms with van der Waals surface area (Å²) >= 11 is 0. The standard InChI is InChI=1S/C37H46N2O7/c1-2-3-4-10-23-44-30-18-20-31(21-19-30)46-35(40)22-15-27-13-16-28(17-14-27)37(43)45-24-11-8-6-5-7-9-12-32-33(36(41)42)25-29(38)26-34(32)39/h13-22,25-26H,2-12,23-24,38-39H2,1H3,(H,41,42)/b22-15+. The van der Waals surface area contributed by atoms with Gasteiger partial charge in [0.1, 0.15) is 11.5 Å². The molecule has 46 heavy (non-hydrogen) atoms. The lowest BCUT2D eigenvalue weighted by molar-refractivity contribution is -0.128. The van der Waals surface area contributed by atoms with Crippen molar-refractivity contribution in [2.45, 2.75) is 77.6 Å². The molecule has 0 aliphatic heterocycles. The van der Waals surface area contributed by atoms with Crippen LogP contribution in [0.2, 0.25) is 0 Å². The van der Waals surface area contributed by atoms with Crippen LogP contribution in [0.1, 0.15) is 103 Å². The van der Waals surface area contributed by atoms with E-state index in [1.165, 1.54) is 25.0 Å². The molecule has 0 spiro atoms. The van der Waals surface area contributed by atoms with Gasteiger partial charge in [0.2, 0.25) is 0 Å². The number of esters is 2. The van der Waals surface area contributed by atoms with E-state index in [1.807, 2.05) is 0 Å². The summed E-state index contributed by atoms with van der Waals surface area (Å²) in [4.78, 5) is 36.1. The number of unbranched alkanes of at least 4 members (excludes halogenated alkanes) is 8. The molecule has 0 amide bonds. The van der Waals surface area contributed by atoms with Gasteiger partial charge >= 0.3 is 17.9 Å². The second kappa shape index (κ2) is 19.6. The van der Waals surface area contributed by atoms with Gasteiger partial charge in [-0.1, -0.05) is 64.0 Å². The molecule has 9 nitrogen and oxygen atoms in total. The smallest absolute Gasteiger partial charge is 0.338 e. The monoisotopic (exact) mass is 630 g/mol. The quantitative estimate of drug-likeness (QED) is 0.0372. The van der Waals surface area contributed by atoms with Gasteiger partial charge < -0.3 is 30.8 Å².